The summed E-state index contributed by atoms with van der Waals surface area (Å²) in [6, 6.07) is 0. The monoisotopic (exact) mass is 424 g/mol. The van der Waals surface area contributed by atoms with Gasteiger partial charge in [-0.1, -0.05) is 6.08 Å². The fourth-order valence-electron chi connectivity index (χ4n) is 2.85. The molecule has 1 unspecified atom stereocenters. The SMILES string of the molecule is C=CCOC1(C)O[C@@H]2O[C@H](COS(C)(=O)=O)[C@@H](OC(C)=O)[C@H](OC(C)=O)[C@@H]2O1. The molecule has 160 valence electrons. The van der Waals surface area contributed by atoms with Crippen molar-refractivity contribution < 1.29 is 50.6 Å². The van der Waals surface area contributed by atoms with Crippen LogP contribution >= 0.6 is 0 Å². The lowest BCUT2D eigenvalue weighted by Gasteiger charge is -2.40. The molecule has 0 spiro atoms. The lowest BCUT2D eigenvalue weighted by Crippen LogP contribution is -2.60. The van der Waals surface area contributed by atoms with Gasteiger partial charge in [-0.25, -0.2) is 0 Å². The van der Waals surface area contributed by atoms with E-state index in [0.29, 0.717) is 0 Å². The third-order valence-electron chi connectivity index (χ3n) is 3.79. The van der Waals surface area contributed by atoms with Crippen molar-refractivity contribution in [2.24, 2.45) is 0 Å². The molecule has 6 atom stereocenters. The fraction of sp³-hybridized carbons (Fsp3) is 0.750. The fourth-order valence-corrected chi connectivity index (χ4v) is 3.23. The molecule has 2 aliphatic heterocycles. The largest absolute Gasteiger partial charge is 0.456 e. The molecule has 0 amide bonds. The number of carbonyl (C=O) groups excluding carboxylic acids is 2. The first-order chi connectivity index (χ1) is 12.9. The molecule has 2 rings (SSSR count). The van der Waals surface area contributed by atoms with E-state index in [4.69, 9.17) is 32.6 Å². The van der Waals surface area contributed by atoms with Crippen molar-refractivity contribution in [3.63, 3.8) is 0 Å². The Morgan fingerprint density at radius 1 is 1.14 bits per heavy atom. The van der Waals surface area contributed by atoms with Crippen LogP contribution in [0.5, 0.6) is 0 Å². The van der Waals surface area contributed by atoms with Gasteiger partial charge in [-0.15, -0.1) is 6.58 Å². The van der Waals surface area contributed by atoms with Gasteiger partial charge in [-0.3, -0.25) is 18.5 Å². The minimum Gasteiger partial charge on any atom is -0.456 e. The third kappa shape index (κ3) is 5.96. The normalized spacial score (nSPS) is 35.1. The summed E-state index contributed by atoms with van der Waals surface area (Å²) in [4.78, 5) is 23.2. The second-order valence-electron chi connectivity index (χ2n) is 6.34. The van der Waals surface area contributed by atoms with Crippen molar-refractivity contribution in [2.75, 3.05) is 19.5 Å². The number of esters is 2. The lowest BCUT2D eigenvalue weighted by atomic mass is 9.98. The summed E-state index contributed by atoms with van der Waals surface area (Å²) in [5.41, 5.74) is 0. The van der Waals surface area contributed by atoms with Crippen molar-refractivity contribution in [3.05, 3.63) is 12.7 Å². The number of hydrogen-bond acceptors (Lipinski definition) is 11. The van der Waals surface area contributed by atoms with E-state index in [9.17, 15) is 18.0 Å². The van der Waals surface area contributed by atoms with Crippen molar-refractivity contribution in [1.29, 1.82) is 0 Å². The zero-order chi connectivity index (χ0) is 21.1. The molecule has 11 nitrogen and oxygen atoms in total. The molecule has 12 heteroatoms. The van der Waals surface area contributed by atoms with E-state index in [0.717, 1.165) is 13.2 Å². The second kappa shape index (κ2) is 8.84. The highest BCUT2D eigenvalue weighted by molar-refractivity contribution is 7.85. The molecule has 0 aliphatic carbocycles. The first-order valence-electron chi connectivity index (χ1n) is 8.39. The quantitative estimate of drug-likeness (QED) is 0.292. The van der Waals surface area contributed by atoms with E-state index in [1.165, 1.54) is 19.9 Å². The van der Waals surface area contributed by atoms with E-state index >= 15 is 0 Å². The molecular weight excluding hydrogens is 400 g/mol. The smallest absolute Gasteiger partial charge is 0.303 e. The Hall–Kier alpha value is -1.57. The van der Waals surface area contributed by atoms with E-state index in [-0.39, 0.29) is 6.61 Å². The Balaban J connectivity index is 2.31. The Morgan fingerprint density at radius 2 is 1.75 bits per heavy atom. The Kier molecular flexibility index (Phi) is 7.17. The highest BCUT2D eigenvalue weighted by Gasteiger charge is 2.59. The summed E-state index contributed by atoms with van der Waals surface area (Å²) >= 11 is 0. The van der Waals surface area contributed by atoms with Crippen LogP contribution in [0.1, 0.15) is 20.8 Å². The summed E-state index contributed by atoms with van der Waals surface area (Å²) in [5, 5.41) is 0. The van der Waals surface area contributed by atoms with Crippen molar-refractivity contribution >= 4 is 22.1 Å². The Morgan fingerprint density at radius 3 is 2.29 bits per heavy atom. The molecule has 2 saturated heterocycles. The van der Waals surface area contributed by atoms with E-state index in [2.05, 4.69) is 6.58 Å². The maximum atomic E-state index is 11.6. The zero-order valence-corrected chi connectivity index (χ0v) is 16.8. The van der Waals surface area contributed by atoms with Crippen molar-refractivity contribution in [2.45, 2.75) is 57.5 Å². The van der Waals surface area contributed by atoms with Crippen LogP contribution in [-0.2, 0) is 52.3 Å². The molecule has 0 radical (unpaired) electrons. The molecule has 2 fully saturated rings. The molecule has 0 saturated carbocycles. The van der Waals surface area contributed by atoms with Gasteiger partial charge in [-0.2, -0.15) is 8.42 Å². The first kappa shape index (κ1) is 22.7. The minimum absolute atomic E-state index is 0.0994. The third-order valence-corrected chi connectivity index (χ3v) is 4.35. The van der Waals surface area contributed by atoms with Crippen LogP contribution in [0.2, 0.25) is 0 Å². The summed E-state index contributed by atoms with van der Waals surface area (Å²) in [7, 11) is -3.81. The molecule has 0 aromatic carbocycles. The molecule has 0 N–H and O–H groups in total. The summed E-state index contributed by atoms with van der Waals surface area (Å²) in [6.45, 7) is 6.93. The number of fused-ring (bicyclic) bond motifs is 1. The zero-order valence-electron chi connectivity index (χ0n) is 16.0. The average Bonchev–Trinajstić information content (AvgIpc) is 2.89. The standard InChI is InChI=1S/C16H24O11S/c1-6-7-21-16(4)26-14-13(24-10(3)18)12(23-9(2)17)11(25-15(14)27-16)8-22-28(5,19)20/h6,11-15H,1,7-8H2,2-5H3/t11-,12-,13+,14+,15+,16?/m1/s1. The van der Waals surface area contributed by atoms with E-state index in [1.54, 1.807) is 0 Å². The maximum Gasteiger partial charge on any atom is 0.303 e. The van der Waals surface area contributed by atoms with Gasteiger partial charge in [0.1, 0.15) is 6.10 Å². The Labute approximate surface area is 162 Å². The van der Waals surface area contributed by atoms with Gasteiger partial charge in [0.15, 0.2) is 24.6 Å². The van der Waals surface area contributed by atoms with Crippen LogP contribution in [0.4, 0.5) is 0 Å². The van der Waals surface area contributed by atoms with Crippen LogP contribution in [0, 0.1) is 0 Å². The second-order valence-corrected chi connectivity index (χ2v) is 7.99. The maximum absolute atomic E-state index is 11.6. The molecule has 28 heavy (non-hydrogen) atoms. The lowest BCUT2D eigenvalue weighted by molar-refractivity contribution is -0.340. The summed E-state index contributed by atoms with van der Waals surface area (Å²) in [5.74, 6) is -2.91. The van der Waals surface area contributed by atoms with E-state index < -0.39 is 65.3 Å². The highest BCUT2D eigenvalue weighted by atomic mass is 32.2. The average molecular weight is 424 g/mol. The van der Waals surface area contributed by atoms with Gasteiger partial charge in [-0.05, 0) is 0 Å². The van der Waals surface area contributed by atoms with Gasteiger partial charge in [0.2, 0.25) is 0 Å². The highest BCUT2D eigenvalue weighted by Crippen LogP contribution is 2.39. The predicted octanol–water partition coefficient (Wildman–Crippen LogP) is -0.157. The molecule has 0 bridgehead atoms. The molecule has 0 aromatic heterocycles. The Bertz CT molecular complexity index is 705. The van der Waals surface area contributed by atoms with Gasteiger partial charge in [0.05, 0.1) is 19.5 Å². The molecule has 2 aliphatic rings. The number of carbonyl (C=O) groups is 2. The number of rotatable bonds is 8. The number of ether oxygens (including phenoxy) is 6. The predicted molar refractivity (Wildman–Crippen MR) is 91.1 cm³/mol. The molecule has 0 aromatic rings. The first-order valence-corrected chi connectivity index (χ1v) is 10.2. The minimum atomic E-state index is -3.81. The van der Waals surface area contributed by atoms with Crippen LogP contribution < -0.4 is 0 Å². The van der Waals surface area contributed by atoms with Crippen molar-refractivity contribution in [1.82, 2.24) is 0 Å². The van der Waals surface area contributed by atoms with Gasteiger partial charge >= 0.3 is 11.9 Å². The van der Waals surface area contributed by atoms with Gasteiger partial charge in [0.25, 0.3) is 16.1 Å². The van der Waals surface area contributed by atoms with Crippen molar-refractivity contribution in [3.8, 4) is 0 Å². The van der Waals surface area contributed by atoms with Gasteiger partial charge < -0.3 is 23.7 Å². The molecular formula is C16H24O11S. The summed E-state index contributed by atoms with van der Waals surface area (Å²) in [6.07, 6.45) is -3.23. The topological polar surface area (TPSA) is 133 Å². The number of hydrogen-bond donors (Lipinski definition) is 0. The molecule has 2 heterocycles. The van der Waals surface area contributed by atoms with Gasteiger partial charge in [0, 0.05) is 20.8 Å². The van der Waals surface area contributed by atoms with Crippen LogP contribution in [0.15, 0.2) is 12.7 Å². The van der Waals surface area contributed by atoms with Crippen LogP contribution in [0.3, 0.4) is 0 Å². The van der Waals surface area contributed by atoms with Crippen LogP contribution in [-0.4, -0.2) is 76.5 Å². The van der Waals surface area contributed by atoms with Crippen LogP contribution in [0.25, 0.3) is 0 Å². The summed E-state index contributed by atoms with van der Waals surface area (Å²) < 4.78 is 60.5. The van der Waals surface area contributed by atoms with E-state index in [1.807, 2.05) is 0 Å².